The number of hydrogen-bond donors (Lipinski definition) is 1. The second kappa shape index (κ2) is 4.06. The SMILES string of the molecule is NCC1COC(c2cc(Br)cs2)O1. The fourth-order valence-corrected chi connectivity index (χ4v) is 2.60. The smallest absolute Gasteiger partial charge is 0.193 e. The van der Waals surface area contributed by atoms with Gasteiger partial charge in [-0.25, -0.2) is 0 Å². The van der Waals surface area contributed by atoms with Crippen LogP contribution in [-0.2, 0) is 9.47 Å². The average molecular weight is 264 g/mol. The number of hydrogen-bond acceptors (Lipinski definition) is 4. The molecule has 1 saturated heterocycles. The minimum absolute atomic E-state index is 0.0471. The third-order valence-corrected chi connectivity index (χ3v) is 3.55. The van der Waals surface area contributed by atoms with E-state index in [0.29, 0.717) is 13.2 Å². The molecule has 1 aromatic rings. The molecule has 1 fully saturated rings. The summed E-state index contributed by atoms with van der Waals surface area (Å²) in [5.74, 6) is 0. The molecule has 2 unspecified atom stereocenters. The molecule has 2 atom stereocenters. The highest BCUT2D eigenvalue weighted by molar-refractivity contribution is 9.10. The fourth-order valence-electron chi connectivity index (χ4n) is 1.17. The van der Waals surface area contributed by atoms with Crippen molar-refractivity contribution < 1.29 is 9.47 Å². The van der Waals surface area contributed by atoms with Crippen LogP contribution in [0.5, 0.6) is 0 Å². The molecule has 0 spiro atoms. The van der Waals surface area contributed by atoms with E-state index < -0.39 is 0 Å². The molecule has 1 aliphatic heterocycles. The molecule has 0 bridgehead atoms. The second-order valence-electron chi connectivity index (χ2n) is 2.83. The highest BCUT2D eigenvalue weighted by Gasteiger charge is 2.27. The number of rotatable bonds is 2. The lowest BCUT2D eigenvalue weighted by molar-refractivity contribution is -0.0559. The van der Waals surface area contributed by atoms with Crippen molar-refractivity contribution >= 4 is 27.3 Å². The molecule has 0 radical (unpaired) electrons. The van der Waals surface area contributed by atoms with Crippen LogP contribution in [0.2, 0.25) is 0 Å². The van der Waals surface area contributed by atoms with Crippen LogP contribution < -0.4 is 5.73 Å². The van der Waals surface area contributed by atoms with Gasteiger partial charge in [-0.3, -0.25) is 0 Å². The first-order valence-corrected chi connectivity index (χ1v) is 5.68. The van der Waals surface area contributed by atoms with Gasteiger partial charge in [-0.2, -0.15) is 0 Å². The Morgan fingerprint density at radius 2 is 2.54 bits per heavy atom. The molecule has 0 amide bonds. The molecule has 5 heteroatoms. The Morgan fingerprint density at radius 1 is 1.69 bits per heavy atom. The Morgan fingerprint density at radius 3 is 3.08 bits per heavy atom. The molecule has 1 aliphatic rings. The summed E-state index contributed by atoms with van der Waals surface area (Å²) in [6.45, 7) is 1.11. The van der Waals surface area contributed by atoms with Gasteiger partial charge in [-0.1, -0.05) is 0 Å². The van der Waals surface area contributed by atoms with E-state index in [1.807, 2.05) is 11.4 Å². The van der Waals surface area contributed by atoms with Crippen LogP contribution in [0.4, 0.5) is 0 Å². The highest BCUT2D eigenvalue weighted by atomic mass is 79.9. The van der Waals surface area contributed by atoms with Crippen LogP contribution in [0.1, 0.15) is 11.2 Å². The van der Waals surface area contributed by atoms with E-state index in [0.717, 1.165) is 9.35 Å². The van der Waals surface area contributed by atoms with Crippen LogP contribution >= 0.6 is 27.3 Å². The molecule has 2 heterocycles. The van der Waals surface area contributed by atoms with Crippen LogP contribution in [0.25, 0.3) is 0 Å². The summed E-state index contributed by atoms with van der Waals surface area (Å²) in [5, 5.41) is 2.01. The lowest BCUT2D eigenvalue weighted by Crippen LogP contribution is -2.21. The van der Waals surface area contributed by atoms with Gasteiger partial charge in [0.25, 0.3) is 0 Å². The van der Waals surface area contributed by atoms with E-state index in [4.69, 9.17) is 15.2 Å². The van der Waals surface area contributed by atoms with Gasteiger partial charge < -0.3 is 15.2 Å². The average Bonchev–Trinajstić information content (AvgIpc) is 2.71. The zero-order chi connectivity index (χ0) is 9.26. The van der Waals surface area contributed by atoms with Gasteiger partial charge in [0.1, 0.15) is 0 Å². The number of thiophene rings is 1. The van der Waals surface area contributed by atoms with E-state index in [-0.39, 0.29) is 12.4 Å². The van der Waals surface area contributed by atoms with Crippen molar-refractivity contribution in [3.05, 3.63) is 20.8 Å². The predicted octanol–water partition coefficient (Wildman–Crippen LogP) is 1.88. The van der Waals surface area contributed by atoms with E-state index in [9.17, 15) is 0 Å². The molecule has 2 rings (SSSR count). The van der Waals surface area contributed by atoms with Crippen LogP contribution in [-0.4, -0.2) is 19.3 Å². The summed E-state index contributed by atoms with van der Waals surface area (Å²) < 4.78 is 12.1. The molecular weight excluding hydrogens is 254 g/mol. The number of halogens is 1. The summed E-state index contributed by atoms with van der Waals surface area (Å²) in [6, 6.07) is 2.01. The first kappa shape index (κ1) is 9.61. The maximum atomic E-state index is 5.55. The summed E-state index contributed by atoms with van der Waals surface area (Å²) >= 11 is 5.01. The molecule has 2 N–H and O–H groups in total. The number of nitrogens with two attached hydrogens (primary N) is 1. The van der Waals surface area contributed by atoms with Crippen LogP contribution in [0.15, 0.2) is 15.9 Å². The lowest BCUT2D eigenvalue weighted by atomic mass is 10.4. The normalized spacial score (nSPS) is 28.2. The molecule has 13 heavy (non-hydrogen) atoms. The van der Waals surface area contributed by atoms with Gasteiger partial charge in [0, 0.05) is 16.4 Å². The zero-order valence-corrected chi connectivity index (χ0v) is 9.31. The third kappa shape index (κ3) is 2.11. The molecule has 3 nitrogen and oxygen atoms in total. The second-order valence-corrected chi connectivity index (χ2v) is 4.68. The maximum absolute atomic E-state index is 5.55. The standard InChI is InChI=1S/C8H10BrNO2S/c9-5-1-7(13-4-5)8-11-3-6(2-10)12-8/h1,4,6,8H,2-3,10H2. The molecular formula is C8H10BrNO2S. The minimum Gasteiger partial charge on any atom is -0.345 e. The van der Waals surface area contributed by atoms with E-state index >= 15 is 0 Å². The van der Waals surface area contributed by atoms with Gasteiger partial charge in [0.05, 0.1) is 17.6 Å². The fraction of sp³-hybridized carbons (Fsp3) is 0.500. The molecule has 0 aromatic carbocycles. The van der Waals surface area contributed by atoms with E-state index in [1.165, 1.54) is 0 Å². The van der Waals surface area contributed by atoms with Crippen molar-refractivity contribution in [2.75, 3.05) is 13.2 Å². The molecule has 0 aliphatic carbocycles. The Kier molecular flexibility index (Phi) is 3.00. The molecule has 1 aromatic heterocycles. The summed E-state index contributed by atoms with van der Waals surface area (Å²) in [6.07, 6.45) is -0.171. The Hall–Kier alpha value is 0.0600. The highest BCUT2D eigenvalue weighted by Crippen LogP contribution is 2.32. The first-order chi connectivity index (χ1) is 6.29. The third-order valence-electron chi connectivity index (χ3n) is 1.83. The zero-order valence-electron chi connectivity index (χ0n) is 6.90. The summed E-state index contributed by atoms with van der Waals surface area (Å²) in [4.78, 5) is 1.09. The van der Waals surface area contributed by atoms with Crippen LogP contribution in [0.3, 0.4) is 0 Å². The van der Waals surface area contributed by atoms with E-state index in [1.54, 1.807) is 11.3 Å². The van der Waals surface area contributed by atoms with Crippen molar-refractivity contribution in [2.45, 2.75) is 12.4 Å². The monoisotopic (exact) mass is 263 g/mol. The Bertz CT molecular complexity index is 291. The van der Waals surface area contributed by atoms with Gasteiger partial charge in [-0.15, -0.1) is 11.3 Å². The predicted molar refractivity (Wildman–Crippen MR) is 54.6 cm³/mol. The van der Waals surface area contributed by atoms with Crippen molar-refractivity contribution in [1.29, 1.82) is 0 Å². The van der Waals surface area contributed by atoms with Crippen LogP contribution in [0, 0.1) is 0 Å². The van der Waals surface area contributed by atoms with Crippen molar-refractivity contribution in [3.8, 4) is 0 Å². The maximum Gasteiger partial charge on any atom is 0.193 e. The largest absolute Gasteiger partial charge is 0.345 e. The molecule has 72 valence electrons. The quantitative estimate of drug-likeness (QED) is 0.887. The van der Waals surface area contributed by atoms with Gasteiger partial charge >= 0.3 is 0 Å². The van der Waals surface area contributed by atoms with Gasteiger partial charge in [-0.05, 0) is 22.0 Å². The lowest BCUT2D eigenvalue weighted by Gasteiger charge is -2.07. The first-order valence-electron chi connectivity index (χ1n) is 4.00. The summed E-state index contributed by atoms with van der Waals surface area (Å²) in [7, 11) is 0. The van der Waals surface area contributed by atoms with E-state index in [2.05, 4.69) is 15.9 Å². The van der Waals surface area contributed by atoms with Gasteiger partial charge in [0.15, 0.2) is 6.29 Å². The summed E-state index contributed by atoms with van der Waals surface area (Å²) in [5.41, 5.74) is 5.47. The topological polar surface area (TPSA) is 44.5 Å². The minimum atomic E-state index is -0.218. The van der Waals surface area contributed by atoms with Crippen molar-refractivity contribution in [2.24, 2.45) is 5.73 Å². The molecule has 0 saturated carbocycles. The van der Waals surface area contributed by atoms with Crippen molar-refractivity contribution in [1.82, 2.24) is 0 Å². The van der Waals surface area contributed by atoms with Crippen molar-refractivity contribution in [3.63, 3.8) is 0 Å². The Balaban J connectivity index is 2.03. The number of ether oxygens (including phenoxy) is 2. The Labute approximate surface area is 89.0 Å². The van der Waals surface area contributed by atoms with Gasteiger partial charge in [0.2, 0.25) is 0 Å².